The molecule has 0 aromatic heterocycles. The zero-order chi connectivity index (χ0) is 9.97. The largest absolute Gasteiger partial charge is 0.389 e. The highest BCUT2D eigenvalue weighted by atomic mass is 16.3. The van der Waals surface area contributed by atoms with Gasteiger partial charge in [0, 0.05) is 6.42 Å². The van der Waals surface area contributed by atoms with E-state index >= 15 is 0 Å². The molecule has 0 bridgehead atoms. The molecule has 2 rings (SSSR count). The average molecular weight is 186 g/mol. The van der Waals surface area contributed by atoms with Crippen molar-refractivity contribution >= 4 is 5.57 Å². The first-order chi connectivity index (χ1) is 6.75. The van der Waals surface area contributed by atoms with Crippen LogP contribution >= 0.6 is 0 Å². The van der Waals surface area contributed by atoms with Crippen LogP contribution in [-0.4, -0.2) is 11.2 Å². The lowest BCUT2D eigenvalue weighted by atomic mass is 9.95. The molecule has 1 atom stereocenters. The van der Waals surface area contributed by atoms with Gasteiger partial charge in [-0.2, -0.15) is 0 Å². The van der Waals surface area contributed by atoms with E-state index in [9.17, 15) is 5.11 Å². The summed E-state index contributed by atoms with van der Waals surface area (Å²) < 4.78 is 0. The van der Waals surface area contributed by atoms with Crippen LogP contribution < -0.4 is 0 Å². The van der Waals surface area contributed by atoms with Crippen molar-refractivity contribution in [2.45, 2.75) is 19.4 Å². The van der Waals surface area contributed by atoms with Crippen LogP contribution in [0.1, 0.15) is 17.5 Å². The molecular weight excluding hydrogens is 172 g/mol. The van der Waals surface area contributed by atoms with Crippen LogP contribution in [0.3, 0.4) is 0 Å². The third-order valence-corrected chi connectivity index (χ3v) is 2.48. The van der Waals surface area contributed by atoms with Crippen LogP contribution in [-0.2, 0) is 0 Å². The molecule has 0 heterocycles. The zero-order valence-electron chi connectivity index (χ0n) is 8.27. The van der Waals surface area contributed by atoms with Crippen LogP contribution in [0.5, 0.6) is 0 Å². The van der Waals surface area contributed by atoms with Gasteiger partial charge in [0.2, 0.25) is 0 Å². The predicted molar refractivity (Wildman–Crippen MR) is 58.9 cm³/mol. The minimum atomic E-state index is -0.323. The van der Waals surface area contributed by atoms with Crippen LogP contribution in [0.15, 0.2) is 42.5 Å². The van der Waals surface area contributed by atoms with Crippen molar-refractivity contribution in [3.05, 3.63) is 53.6 Å². The highest BCUT2D eigenvalue weighted by molar-refractivity contribution is 5.68. The Morgan fingerprint density at radius 2 is 1.93 bits per heavy atom. The number of hydrogen-bond donors (Lipinski definition) is 1. The van der Waals surface area contributed by atoms with E-state index in [1.807, 2.05) is 12.2 Å². The highest BCUT2D eigenvalue weighted by Gasteiger charge is 2.09. The molecule has 0 saturated heterocycles. The summed E-state index contributed by atoms with van der Waals surface area (Å²) in [6.07, 6.45) is 6.20. The molecular formula is C13H14O. The van der Waals surface area contributed by atoms with Crippen molar-refractivity contribution in [2.75, 3.05) is 0 Å². The molecule has 0 saturated carbocycles. The number of benzene rings is 1. The Morgan fingerprint density at radius 1 is 1.21 bits per heavy atom. The summed E-state index contributed by atoms with van der Waals surface area (Å²) in [6, 6.07) is 8.40. The molecule has 14 heavy (non-hydrogen) atoms. The maximum absolute atomic E-state index is 9.47. The molecule has 1 aliphatic carbocycles. The van der Waals surface area contributed by atoms with Gasteiger partial charge in [0.15, 0.2) is 0 Å². The molecule has 1 unspecified atom stereocenters. The summed E-state index contributed by atoms with van der Waals surface area (Å²) >= 11 is 0. The number of aliphatic hydroxyl groups is 1. The van der Waals surface area contributed by atoms with E-state index in [0.717, 1.165) is 6.42 Å². The smallest absolute Gasteiger partial charge is 0.0764 e. The molecule has 1 nitrogen and oxygen atoms in total. The van der Waals surface area contributed by atoms with E-state index < -0.39 is 0 Å². The predicted octanol–water partition coefficient (Wildman–Crippen LogP) is 2.70. The molecule has 0 amide bonds. The molecule has 1 aromatic carbocycles. The van der Waals surface area contributed by atoms with Crippen LogP contribution in [0.2, 0.25) is 0 Å². The van der Waals surface area contributed by atoms with E-state index in [4.69, 9.17) is 0 Å². The summed E-state index contributed by atoms with van der Waals surface area (Å²) in [4.78, 5) is 0. The molecule has 1 aromatic rings. The molecule has 0 fully saturated rings. The number of hydrogen-bond acceptors (Lipinski definition) is 1. The summed E-state index contributed by atoms with van der Waals surface area (Å²) in [5.41, 5.74) is 3.68. The number of aryl methyl sites for hydroxylation is 1. The van der Waals surface area contributed by atoms with Crippen LogP contribution in [0, 0.1) is 6.92 Å². The van der Waals surface area contributed by atoms with Crippen molar-refractivity contribution in [3.8, 4) is 0 Å². The molecule has 1 aliphatic rings. The van der Waals surface area contributed by atoms with Gasteiger partial charge < -0.3 is 5.11 Å². The number of aliphatic hydroxyl groups excluding tert-OH is 1. The molecule has 0 spiro atoms. The van der Waals surface area contributed by atoms with Gasteiger partial charge >= 0.3 is 0 Å². The molecule has 0 aliphatic heterocycles. The maximum atomic E-state index is 9.47. The van der Waals surface area contributed by atoms with Gasteiger partial charge in [-0.05, 0) is 18.1 Å². The second-order valence-electron chi connectivity index (χ2n) is 3.71. The lowest BCUT2D eigenvalue weighted by molar-refractivity contribution is 0.228. The van der Waals surface area contributed by atoms with Crippen molar-refractivity contribution < 1.29 is 5.11 Å². The average Bonchev–Trinajstić information content (AvgIpc) is 2.19. The Hall–Kier alpha value is -1.34. The van der Waals surface area contributed by atoms with Crippen molar-refractivity contribution in [3.63, 3.8) is 0 Å². The number of rotatable bonds is 1. The van der Waals surface area contributed by atoms with Gasteiger partial charge in [0.05, 0.1) is 6.10 Å². The Morgan fingerprint density at radius 3 is 2.57 bits per heavy atom. The fourth-order valence-electron chi connectivity index (χ4n) is 1.64. The second kappa shape index (κ2) is 3.81. The van der Waals surface area contributed by atoms with Crippen molar-refractivity contribution in [2.24, 2.45) is 0 Å². The maximum Gasteiger partial charge on any atom is 0.0764 e. The van der Waals surface area contributed by atoms with Gasteiger partial charge in [-0.3, -0.25) is 0 Å². The minimum Gasteiger partial charge on any atom is -0.389 e. The summed E-state index contributed by atoms with van der Waals surface area (Å²) in [7, 11) is 0. The fraction of sp³-hybridized carbons (Fsp3) is 0.231. The summed E-state index contributed by atoms with van der Waals surface area (Å²) in [5.74, 6) is 0. The Balaban J connectivity index is 2.27. The lowest BCUT2D eigenvalue weighted by Gasteiger charge is -2.13. The third-order valence-electron chi connectivity index (χ3n) is 2.48. The minimum absolute atomic E-state index is 0.323. The van der Waals surface area contributed by atoms with Crippen molar-refractivity contribution in [1.82, 2.24) is 0 Å². The Kier molecular flexibility index (Phi) is 2.51. The van der Waals surface area contributed by atoms with Gasteiger partial charge in [0.1, 0.15) is 0 Å². The fourth-order valence-corrected chi connectivity index (χ4v) is 1.64. The molecule has 72 valence electrons. The van der Waals surface area contributed by atoms with Gasteiger partial charge in [-0.25, -0.2) is 0 Å². The van der Waals surface area contributed by atoms with Gasteiger partial charge in [-0.1, -0.05) is 48.1 Å². The first-order valence-electron chi connectivity index (χ1n) is 4.88. The molecule has 0 radical (unpaired) electrons. The lowest BCUT2D eigenvalue weighted by Crippen LogP contribution is -2.05. The van der Waals surface area contributed by atoms with Crippen LogP contribution in [0.25, 0.3) is 5.57 Å². The summed E-state index contributed by atoms with van der Waals surface area (Å²) in [6.45, 7) is 2.08. The summed E-state index contributed by atoms with van der Waals surface area (Å²) in [5, 5.41) is 9.47. The first kappa shape index (κ1) is 9.22. The monoisotopic (exact) mass is 186 g/mol. The quantitative estimate of drug-likeness (QED) is 0.715. The SMILES string of the molecule is Cc1ccc(C2=CC=CC(O)C2)cc1. The van der Waals surface area contributed by atoms with Gasteiger partial charge in [-0.15, -0.1) is 0 Å². The number of allylic oxidation sites excluding steroid dienone is 2. The van der Waals surface area contributed by atoms with Crippen LogP contribution in [0.4, 0.5) is 0 Å². The topological polar surface area (TPSA) is 20.2 Å². The van der Waals surface area contributed by atoms with E-state index in [-0.39, 0.29) is 6.10 Å². The standard InChI is InChI=1S/C13H14O/c1-10-5-7-11(8-6-10)12-3-2-4-13(14)9-12/h2-8,13-14H,9H2,1H3. The highest BCUT2D eigenvalue weighted by Crippen LogP contribution is 2.23. The zero-order valence-corrected chi connectivity index (χ0v) is 8.27. The second-order valence-corrected chi connectivity index (χ2v) is 3.71. The van der Waals surface area contributed by atoms with E-state index in [1.165, 1.54) is 16.7 Å². The van der Waals surface area contributed by atoms with Gasteiger partial charge in [0.25, 0.3) is 0 Å². The molecule has 1 N–H and O–H groups in total. The molecule has 1 heteroatoms. The Labute approximate surface area is 84.4 Å². The van der Waals surface area contributed by atoms with E-state index in [2.05, 4.69) is 37.3 Å². The first-order valence-corrected chi connectivity index (χ1v) is 4.88. The van der Waals surface area contributed by atoms with E-state index in [1.54, 1.807) is 0 Å². The Bertz CT molecular complexity index is 371. The van der Waals surface area contributed by atoms with E-state index in [0.29, 0.717) is 0 Å². The van der Waals surface area contributed by atoms with Crippen molar-refractivity contribution in [1.29, 1.82) is 0 Å². The third kappa shape index (κ3) is 1.94. The normalized spacial score (nSPS) is 20.7.